The lowest BCUT2D eigenvalue weighted by Crippen LogP contribution is -2.00. The Balaban J connectivity index is 1.70. The fraction of sp³-hybridized carbons (Fsp3) is 0.200. The van der Waals surface area contributed by atoms with Crippen LogP contribution in [-0.2, 0) is 13.1 Å². The number of rotatable bonds is 5. The Morgan fingerprint density at radius 2 is 2.25 bits per heavy atom. The second-order valence-corrected chi connectivity index (χ2v) is 4.58. The summed E-state index contributed by atoms with van der Waals surface area (Å²) in [7, 11) is 0. The van der Waals surface area contributed by atoms with Crippen molar-refractivity contribution in [3.8, 4) is 5.69 Å². The van der Waals surface area contributed by atoms with Crippen LogP contribution in [-0.4, -0.2) is 19.3 Å². The van der Waals surface area contributed by atoms with Crippen molar-refractivity contribution in [2.24, 2.45) is 0 Å². The zero-order valence-electron chi connectivity index (χ0n) is 11.4. The molecule has 2 aromatic heterocycles. The first-order valence-electron chi connectivity index (χ1n) is 6.69. The fourth-order valence-corrected chi connectivity index (χ4v) is 2.06. The molecule has 102 valence electrons. The average Bonchev–Trinajstić information content (AvgIpc) is 3.17. The van der Waals surface area contributed by atoms with Crippen molar-refractivity contribution in [3.05, 3.63) is 60.9 Å². The number of hydrogen-bond acceptors (Lipinski definition) is 3. The maximum Gasteiger partial charge on any atom is 0.0991 e. The predicted octanol–water partition coefficient (Wildman–Crippen LogP) is 2.70. The molecule has 0 saturated heterocycles. The van der Waals surface area contributed by atoms with Crippen molar-refractivity contribution >= 4 is 5.69 Å². The summed E-state index contributed by atoms with van der Waals surface area (Å²) in [5, 5.41) is 7.68. The summed E-state index contributed by atoms with van der Waals surface area (Å²) in [6.07, 6.45) is 9.47. The third-order valence-electron chi connectivity index (χ3n) is 3.16. The quantitative estimate of drug-likeness (QED) is 0.773. The molecule has 0 amide bonds. The van der Waals surface area contributed by atoms with E-state index in [2.05, 4.69) is 46.7 Å². The van der Waals surface area contributed by atoms with Gasteiger partial charge in [-0.2, -0.15) is 5.10 Å². The van der Waals surface area contributed by atoms with Crippen LogP contribution in [0.1, 0.15) is 12.5 Å². The summed E-state index contributed by atoms with van der Waals surface area (Å²) in [6, 6.07) is 8.26. The molecular weight excluding hydrogens is 250 g/mol. The number of hydrogen-bond donors (Lipinski definition) is 1. The highest BCUT2D eigenvalue weighted by atomic mass is 15.3. The van der Waals surface area contributed by atoms with Gasteiger partial charge in [0, 0.05) is 48.6 Å². The maximum atomic E-state index is 4.27. The van der Waals surface area contributed by atoms with E-state index in [0.29, 0.717) is 0 Å². The van der Waals surface area contributed by atoms with Crippen molar-refractivity contribution < 1.29 is 0 Å². The number of anilines is 1. The lowest BCUT2D eigenvalue weighted by Gasteiger charge is -2.08. The predicted molar refractivity (Wildman–Crippen MR) is 78.8 cm³/mol. The number of nitrogens with one attached hydrogen (secondary N) is 1. The molecule has 2 heterocycles. The summed E-state index contributed by atoms with van der Waals surface area (Å²) in [5.41, 5.74) is 3.36. The molecule has 0 bridgehead atoms. The zero-order chi connectivity index (χ0) is 13.8. The second kappa shape index (κ2) is 5.61. The first-order valence-corrected chi connectivity index (χ1v) is 6.69. The molecule has 0 aliphatic heterocycles. The Hall–Kier alpha value is -2.56. The van der Waals surface area contributed by atoms with Gasteiger partial charge in [0.1, 0.15) is 0 Å². The molecule has 0 unspecified atom stereocenters. The van der Waals surface area contributed by atoms with Crippen molar-refractivity contribution in [1.82, 2.24) is 19.3 Å². The summed E-state index contributed by atoms with van der Waals surface area (Å²) in [6.45, 7) is 3.75. The van der Waals surface area contributed by atoms with Crippen LogP contribution in [0.5, 0.6) is 0 Å². The minimum absolute atomic E-state index is 0.771. The van der Waals surface area contributed by atoms with E-state index >= 15 is 0 Å². The minimum atomic E-state index is 0.771. The summed E-state index contributed by atoms with van der Waals surface area (Å²) < 4.78 is 3.92. The van der Waals surface area contributed by atoms with Crippen molar-refractivity contribution in [2.45, 2.75) is 20.0 Å². The highest BCUT2D eigenvalue weighted by molar-refractivity contribution is 5.51. The Labute approximate surface area is 117 Å². The van der Waals surface area contributed by atoms with Crippen molar-refractivity contribution in [2.75, 3.05) is 5.32 Å². The second-order valence-electron chi connectivity index (χ2n) is 4.58. The van der Waals surface area contributed by atoms with Crippen LogP contribution in [0, 0.1) is 0 Å². The van der Waals surface area contributed by atoms with E-state index < -0.39 is 0 Å². The van der Waals surface area contributed by atoms with Gasteiger partial charge in [0.2, 0.25) is 0 Å². The number of aromatic nitrogens is 4. The lowest BCUT2D eigenvalue weighted by molar-refractivity contribution is 0.659. The van der Waals surface area contributed by atoms with Gasteiger partial charge in [0.05, 0.1) is 12.5 Å². The fourth-order valence-electron chi connectivity index (χ4n) is 2.06. The molecule has 1 N–H and O–H groups in total. The summed E-state index contributed by atoms with van der Waals surface area (Å²) in [4.78, 5) is 4.07. The third kappa shape index (κ3) is 2.71. The highest BCUT2D eigenvalue weighted by Crippen LogP contribution is 2.15. The molecule has 3 rings (SSSR count). The summed E-state index contributed by atoms with van der Waals surface area (Å²) in [5.74, 6) is 0. The van der Waals surface area contributed by atoms with E-state index in [4.69, 9.17) is 0 Å². The van der Waals surface area contributed by atoms with E-state index in [-0.39, 0.29) is 0 Å². The van der Waals surface area contributed by atoms with Crippen LogP contribution < -0.4 is 5.32 Å². The Morgan fingerprint density at radius 3 is 3.00 bits per heavy atom. The molecule has 3 aromatic rings. The first kappa shape index (κ1) is 12.5. The number of benzene rings is 1. The van der Waals surface area contributed by atoms with Gasteiger partial charge in [-0.25, -0.2) is 4.98 Å². The highest BCUT2D eigenvalue weighted by Gasteiger charge is 2.00. The van der Waals surface area contributed by atoms with Crippen molar-refractivity contribution in [1.29, 1.82) is 0 Å². The number of imidazole rings is 1. The summed E-state index contributed by atoms with van der Waals surface area (Å²) >= 11 is 0. The van der Waals surface area contributed by atoms with Crippen LogP contribution in [0.4, 0.5) is 5.69 Å². The molecule has 0 atom stereocenters. The lowest BCUT2D eigenvalue weighted by atomic mass is 10.2. The standard InChI is InChI=1S/C15H17N5/c1-2-20-11-13(10-18-20)9-17-14-4-3-5-15(8-14)19-7-6-16-12-19/h3-8,10-12,17H,2,9H2,1H3. The molecule has 1 aromatic carbocycles. The Bertz CT molecular complexity index is 669. The van der Waals surface area contributed by atoms with Gasteiger partial charge < -0.3 is 9.88 Å². The molecule has 5 heteroatoms. The molecule has 0 radical (unpaired) electrons. The molecule has 0 aliphatic rings. The Morgan fingerprint density at radius 1 is 1.30 bits per heavy atom. The molecule has 0 aliphatic carbocycles. The third-order valence-corrected chi connectivity index (χ3v) is 3.16. The van der Waals surface area contributed by atoms with E-state index in [9.17, 15) is 0 Å². The van der Waals surface area contributed by atoms with Gasteiger partial charge in [-0.3, -0.25) is 4.68 Å². The van der Waals surface area contributed by atoms with Crippen LogP contribution in [0.25, 0.3) is 5.69 Å². The topological polar surface area (TPSA) is 47.7 Å². The average molecular weight is 267 g/mol. The molecular formula is C15H17N5. The first-order chi connectivity index (χ1) is 9.85. The van der Waals surface area contributed by atoms with E-state index in [1.165, 1.54) is 5.56 Å². The van der Waals surface area contributed by atoms with Gasteiger partial charge in [0.15, 0.2) is 0 Å². The van der Waals surface area contributed by atoms with Gasteiger partial charge in [-0.1, -0.05) is 6.07 Å². The minimum Gasteiger partial charge on any atom is -0.381 e. The number of nitrogens with zero attached hydrogens (tertiary/aromatic N) is 4. The largest absolute Gasteiger partial charge is 0.381 e. The van der Waals surface area contributed by atoms with Gasteiger partial charge in [-0.15, -0.1) is 0 Å². The molecule has 5 nitrogen and oxygen atoms in total. The Kier molecular flexibility index (Phi) is 3.50. The van der Waals surface area contributed by atoms with Gasteiger partial charge in [-0.05, 0) is 25.1 Å². The SMILES string of the molecule is CCn1cc(CNc2cccc(-n3ccnc3)c2)cn1. The van der Waals surface area contributed by atoms with Crippen LogP contribution >= 0.6 is 0 Å². The van der Waals surface area contributed by atoms with E-state index in [1.54, 1.807) is 12.5 Å². The normalized spacial score (nSPS) is 10.7. The zero-order valence-corrected chi connectivity index (χ0v) is 11.4. The van der Waals surface area contributed by atoms with E-state index in [1.807, 2.05) is 27.7 Å². The van der Waals surface area contributed by atoms with Crippen LogP contribution in [0.3, 0.4) is 0 Å². The van der Waals surface area contributed by atoms with Gasteiger partial charge in [0.25, 0.3) is 0 Å². The molecule has 0 fully saturated rings. The molecule has 0 saturated carbocycles. The van der Waals surface area contributed by atoms with Crippen molar-refractivity contribution in [3.63, 3.8) is 0 Å². The monoisotopic (exact) mass is 267 g/mol. The van der Waals surface area contributed by atoms with E-state index in [0.717, 1.165) is 24.5 Å². The van der Waals surface area contributed by atoms with Crippen LogP contribution in [0.2, 0.25) is 0 Å². The molecule has 20 heavy (non-hydrogen) atoms. The smallest absolute Gasteiger partial charge is 0.0991 e. The van der Waals surface area contributed by atoms with Crippen LogP contribution in [0.15, 0.2) is 55.4 Å². The van der Waals surface area contributed by atoms with Gasteiger partial charge >= 0.3 is 0 Å². The molecule has 0 spiro atoms. The number of aryl methyl sites for hydroxylation is 1. The maximum absolute atomic E-state index is 4.27.